The Morgan fingerprint density at radius 2 is 1.75 bits per heavy atom. The van der Waals surface area contributed by atoms with E-state index in [4.69, 9.17) is 16.3 Å². The van der Waals surface area contributed by atoms with Crippen LogP contribution in [0.3, 0.4) is 0 Å². The van der Waals surface area contributed by atoms with Crippen molar-refractivity contribution in [1.82, 2.24) is 0 Å². The predicted octanol–water partition coefficient (Wildman–Crippen LogP) is 4.72. The van der Waals surface area contributed by atoms with Gasteiger partial charge in [0, 0.05) is 5.25 Å². The van der Waals surface area contributed by atoms with E-state index in [0.29, 0.717) is 11.9 Å². The lowest BCUT2D eigenvalue weighted by atomic mass is 10.1. The molecule has 0 rings (SSSR count). The molecule has 0 bridgehead atoms. The Morgan fingerprint density at radius 1 is 1.19 bits per heavy atom. The lowest BCUT2D eigenvalue weighted by Gasteiger charge is -2.16. The smallest absolute Gasteiger partial charge is 0.244 e. The van der Waals surface area contributed by atoms with Crippen molar-refractivity contribution in [3.63, 3.8) is 0 Å². The van der Waals surface area contributed by atoms with Crippen LogP contribution in [0.15, 0.2) is 0 Å². The summed E-state index contributed by atoms with van der Waals surface area (Å²) >= 11 is 6.43. The maximum absolute atomic E-state index is 9.79. The predicted molar refractivity (Wildman–Crippen MR) is 78.6 cm³/mol. The molecule has 16 heavy (non-hydrogen) atoms. The first-order valence-corrected chi connectivity index (χ1v) is 10.3. The first-order chi connectivity index (χ1) is 7.48. The third kappa shape index (κ3) is 11.4. The molecule has 0 aliphatic rings. The minimum absolute atomic E-state index is 0.334. The van der Waals surface area contributed by atoms with Crippen LogP contribution in [-0.4, -0.2) is 16.8 Å². The van der Waals surface area contributed by atoms with E-state index < -0.39 is 5.69 Å². The van der Waals surface area contributed by atoms with E-state index in [1.807, 2.05) is 13.8 Å². The quantitative estimate of drug-likeness (QED) is 0.464. The normalized spacial score (nSPS) is 15.3. The second-order valence-electron chi connectivity index (χ2n) is 4.22. The summed E-state index contributed by atoms with van der Waals surface area (Å²) < 4.78 is 5.39. The van der Waals surface area contributed by atoms with Crippen LogP contribution < -0.4 is 0 Å². The highest BCUT2D eigenvalue weighted by atomic mass is 32.9. The molecule has 0 saturated heterocycles. The molecular weight excluding hydrogens is 259 g/mol. The molecule has 0 fully saturated rings. The SMILES string of the molecule is CCCCCCCCOP(O)(=S)SC(C)C. The standard InChI is InChI=1S/C11H25O2PS2/c1-4-5-6-7-8-9-10-13-14(12,15)16-11(2)3/h11H,4-10H2,1-3H3,(H,12,15). The first-order valence-electron chi connectivity index (χ1n) is 6.13. The first kappa shape index (κ1) is 16.9. The molecule has 0 radical (unpaired) electrons. The van der Waals surface area contributed by atoms with E-state index in [1.165, 1.54) is 43.5 Å². The zero-order chi connectivity index (χ0) is 12.4. The van der Waals surface area contributed by atoms with Crippen molar-refractivity contribution in [1.29, 1.82) is 0 Å². The van der Waals surface area contributed by atoms with Gasteiger partial charge in [-0.1, -0.05) is 64.3 Å². The molecule has 0 heterocycles. The van der Waals surface area contributed by atoms with Crippen molar-refractivity contribution in [3.8, 4) is 0 Å². The summed E-state index contributed by atoms with van der Waals surface area (Å²) in [5.74, 6) is 0. The van der Waals surface area contributed by atoms with Gasteiger partial charge in [0.25, 0.3) is 0 Å². The van der Waals surface area contributed by atoms with E-state index in [1.54, 1.807) is 0 Å². The summed E-state index contributed by atoms with van der Waals surface area (Å²) in [6.07, 6.45) is 7.37. The molecule has 0 aromatic carbocycles. The third-order valence-corrected chi connectivity index (χ3v) is 6.76. The van der Waals surface area contributed by atoms with Crippen LogP contribution >= 0.6 is 17.1 Å². The molecule has 2 nitrogen and oxygen atoms in total. The average Bonchev–Trinajstić information content (AvgIpc) is 2.14. The molecule has 0 spiro atoms. The monoisotopic (exact) mass is 284 g/mol. The highest BCUT2D eigenvalue weighted by Crippen LogP contribution is 2.57. The summed E-state index contributed by atoms with van der Waals surface area (Å²) in [5.41, 5.74) is -2.56. The minimum atomic E-state index is -2.56. The number of hydrogen-bond acceptors (Lipinski definition) is 3. The fraction of sp³-hybridized carbons (Fsp3) is 1.00. The van der Waals surface area contributed by atoms with Gasteiger partial charge in [0.05, 0.1) is 6.61 Å². The van der Waals surface area contributed by atoms with Gasteiger partial charge in [-0.25, -0.2) is 0 Å². The van der Waals surface area contributed by atoms with Crippen molar-refractivity contribution < 1.29 is 9.42 Å². The van der Waals surface area contributed by atoms with E-state index in [9.17, 15) is 4.89 Å². The highest BCUT2D eigenvalue weighted by Gasteiger charge is 2.16. The Balaban J connectivity index is 3.40. The lowest BCUT2D eigenvalue weighted by molar-refractivity contribution is 0.307. The third-order valence-electron chi connectivity index (χ3n) is 2.10. The molecule has 98 valence electrons. The van der Waals surface area contributed by atoms with Gasteiger partial charge in [0.1, 0.15) is 0 Å². The minimum Gasteiger partial charge on any atom is -0.337 e. The Hall–Kier alpha value is 0.920. The maximum Gasteiger partial charge on any atom is 0.244 e. The van der Waals surface area contributed by atoms with Crippen molar-refractivity contribution in [2.45, 2.75) is 64.5 Å². The fourth-order valence-corrected chi connectivity index (χ4v) is 6.09. The second kappa shape index (κ2) is 9.90. The molecule has 1 N–H and O–H groups in total. The van der Waals surface area contributed by atoms with Gasteiger partial charge >= 0.3 is 0 Å². The van der Waals surface area contributed by atoms with E-state index >= 15 is 0 Å². The Labute approximate surface area is 109 Å². The lowest BCUT2D eigenvalue weighted by Crippen LogP contribution is -1.94. The van der Waals surface area contributed by atoms with Crippen LogP contribution in [0.4, 0.5) is 0 Å². The van der Waals surface area contributed by atoms with Crippen molar-refractivity contribution in [2.24, 2.45) is 0 Å². The molecule has 1 atom stereocenters. The van der Waals surface area contributed by atoms with E-state index in [2.05, 4.69) is 6.92 Å². The topological polar surface area (TPSA) is 29.5 Å². The molecule has 1 unspecified atom stereocenters. The van der Waals surface area contributed by atoms with Crippen LogP contribution in [0.1, 0.15) is 59.3 Å². The highest BCUT2D eigenvalue weighted by molar-refractivity contribution is 8.67. The second-order valence-corrected chi connectivity index (χ2v) is 10.9. The van der Waals surface area contributed by atoms with E-state index in [-0.39, 0.29) is 0 Å². The zero-order valence-corrected chi connectivity index (χ0v) is 13.2. The van der Waals surface area contributed by atoms with Crippen LogP contribution in [0.25, 0.3) is 0 Å². The summed E-state index contributed by atoms with van der Waals surface area (Å²) in [4.78, 5) is 9.79. The van der Waals surface area contributed by atoms with E-state index in [0.717, 1.165) is 6.42 Å². The average molecular weight is 284 g/mol. The van der Waals surface area contributed by atoms with Crippen LogP contribution in [0.5, 0.6) is 0 Å². The van der Waals surface area contributed by atoms with Gasteiger partial charge in [-0.15, -0.1) is 0 Å². The van der Waals surface area contributed by atoms with Crippen molar-refractivity contribution >= 4 is 28.9 Å². The molecule has 0 aromatic rings. The zero-order valence-electron chi connectivity index (χ0n) is 10.6. The summed E-state index contributed by atoms with van der Waals surface area (Å²) in [6.45, 7) is 6.87. The van der Waals surface area contributed by atoms with Gasteiger partial charge in [0.15, 0.2) is 0 Å². The maximum atomic E-state index is 9.79. The molecule has 0 saturated carbocycles. The Bertz CT molecular complexity index is 210. The number of rotatable bonds is 10. The molecule has 5 heteroatoms. The van der Waals surface area contributed by atoms with Crippen LogP contribution in [0.2, 0.25) is 0 Å². The van der Waals surface area contributed by atoms with Gasteiger partial charge in [-0.3, -0.25) is 0 Å². The number of unbranched alkanes of at least 4 members (excludes halogenated alkanes) is 5. The summed E-state index contributed by atoms with van der Waals surface area (Å²) in [6, 6.07) is 0. The Morgan fingerprint density at radius 3 is 2.31 bits per heavy atom. The van der Waals surface area contributed by atoms with Crippen molar-refractivity contribution in [3.05, 3.63) is 0 Å². The van der Waals surface area contributed by atoms with Crippen molar-refractivity contribution in [2.75, 3.05) is 6.61 Å². The fourth-order valence-electron chi connectivity index (χ4n) is 1.36. The molecule has 0 amide bonds. The molecule has 0 aliphatic carbocycles. The summed E-state index contributed by atoms with van der Waals surface area (Å²) in [7, 11) is 0. The Kier molecular flexibility index (Phi) is 10.5. The molecule has 0 aliphatic heterocycles. The van der Waals surface area contributed by atoms with Gasteiger partial charge < -0.3 is 9.42 Å². The van der Waals surface area contributed by atoms with Gasteiger partial charge in [-0.2, -0.15) is 0 Å². The molecule has 0 aromatic heterocycles. The largest absolute Gasteiger partial charge is 0.337 e. The van der Waals surface area contributed by atoms with Crippen LogP contribution in [-0.2, 0) is 16.3 Å². The summed E-state index contributed by atoms with van der Waals surface area (Å²) in [5, 5.41) is 0.334. The van der Waals surface area contributed by atoms with Crippen LogP contribution in [0, 0.1) is 0 Å². The molecular formula is C11H25O2PS2. The number of hydrogen-bond donors (Lipinski definition) is 1. The van der Waals surface area contributed by atoms with Gasteiger partial charge in [0.2, 0.25) is 5.69 Å². The van der Waals surface area contributed by atoms with Gasteiger partial charge in [-0.05, 0) is 18.2 Å².